The maximum Gasteiger partial charge on any atom is 0.257 e. The molecule has 4 N–H and O–H groups in total. The van der Waals surface area contributed by atoms with Gasteiger partial charge in [-0.25, -0.2) is 0 Å². The lowest BCUT2D eigenvalue weighted by atomic mass is 10.1. The molecule has 0 spiro atoms. The van der Waals surface area contributed by atoms with Crippen LogP contribution >= 0.6 is 0 Å². The van der Waals surface area contributed by atoms with Gasteiger partial charge in [0.05, 0.1) is 12.7 Å². The lowest BCUT2D eigenvalue weighted by molar-refractivity contribution is 0.102. The van der Waals surface area contributed by atoms with Crippen LogP contribution in [-0.2, 0) is 0 Å². The van der Waals surface area contributed by atoms with Gasteiger partial charge < -0.3 is 20.8 Å². The molecule has 1 aromatic heterocycles. The molecule has 0 bridgehead atoms. The Hall–Kier alpha value is -2.95. The van der Waals surface area contributed by atoms with Crippen molar-refractivity contribution < 1.29 is 9.53 Å². The third-order valence-corrected chi connectivity index (χ3v) is 3.31. The van der Waals surface area contributed by atoms with E-state index in [9.17, 15) is 4.79 Å². The fourth-order valence-electron chi connectivity index (χ4n) is 2.20. The number of nitrogens with one attached hydrogen (secondary N) is 2. The number of carbonyl (C=O) groups excluding carboxylic acids is 1. The van der Waals surface area contributed by atoms with Gasteiger partial charge in [-0.05, 0) is 36.4 Å². The van der Waals surface area contributed by atoms with E-state index in [4.69, 9.17) is 10.5 Å². The molecule has 0 atom stereocenters. The van der Waals surface area contributed by atoms with Crippen LogP contribution in [0.2, 0.25) is 0 Å². The summed E-state index contributed by atoms with van der Waals surface area (Å²) in [5, 5.41) is 3.88. The molecule has 0 aliphatic rings. The molecule has 21 heavy (non-hydrogen) atoms. The topological polar surface area (TPSA) is 80.1 Å². The van der Waals surface area contributed by atoms with E-state index >= 15 is 0 Å². The molecular formula is C16H15N3O2. The summed E-state index contributed by atoms with van der Waals surface area (Å²) in [5.74, 6) is 0.378. The summed E-state index contributed by atoms with van der Waals surface area (Å²) < 4.78 is 5.07. The molecule has 0 radical (unpaired) electrons. The lowest BCUT2D eigenvalue weighted by Gasteiger charge is -2.09. The highest BCUT2D eigenvalue weighted by atomic mass is 16.5. The summed E-state index contributed by atoms with van der Waals surface area (Å²) in [6.07, 6.45) is 1.86. The number of aromatic amines is 1. The Balaban J connectivity index is 1.85. The first-order chi connectivity index (χ1) is 10.2. The zero-order valence-electron chi connectivity index (χ0n) is 11.5. The van der Waals surface area contributed by atoms with E-state index in [2.05, 4.69) is 10.3 Å². The van der Waals surface area contributed by atoms with Gasteiger partial charge in [-0.2, -0.15) is 0 Å². The molecule has 0 unspecified atom stereocenters. The monoisotopic (exact) mass is 281 g/mol. The largest absolute Gasteiger partial charge is 0.497 e. The first-order valence-electron chi connectivity index (χ1n) is 6.49. The second-order valence-electron chi connectivity index (χ2n) is 4.69. The van der Waals surface area contributed by atoms with Crippen LogP contribution in [0.5, 0.6) is 5.75 Å². The molecule has 106 valence electrons. The maximum atomic E-state index is 12.3. The Kier molecular flexibility index (Phi) is 3.23. The molecular weight excluding hydrogens is 266 g/mol. The fraction of sp³-hybridized carbons (Fsp3) is 0.0625. The van der Waals surface area contributed by atoms with Crippen molar-refractivity contribution in [2.24, 2.45) is 0 Å². The summed E-state index contributed by atoms with van der Waals surface area (Å²) in [4.78, 5) is 15.4. The number of nitrogen functional groups attached to an aromatic ring is 1. The number of nitrogens with two attached hydrogens (primary N) is 1. The molecule has 1 heterocycles. The van der Waals surface area contributed by atoms with Crippen molar-refractivity contribution in [3.63, 3.8) is 0 Å². The van der Waals surface area contributed by atoms with E-state index in [0.29, 0.717) is 17.0 Å². The zero-order valence-corrected chi connectivity index (χ0v) is 11.5. The van der Waals surface area contributed by atoms with Gasteiger partial charge in [0.15, 0.2) is 0 Å². The first-order valence-corrected chi connectivity index (χ1v) is 6.49. The van der Waals surface area contributed by atoms with Gasteiger partial charge in [-0.3, -0.25) is 4.79 Å². The third kappa shape index (κ3) is 2.53. The number of anilines is 2. The number of methoxy groups -OCH3 is 1. The molecule has 2 aromatic carbocycles. The number of hydrogen-bond acceptors (Lipinski definition) is 3. The Morgan fingerprint density at radius 1 is 1.19 bits per heavy atom. The number of ether oxygens (including phenoxy) is 1. The number of H-pyrrole nitrogens is 1. The van der Waals surface area contributed by atoms with Crippen molar-refractivity contribution in [3.8, 4) is 5.75 Å². The summed E-state index contributed by atoms with van der Waals surface area (Å²) in [5.41, 5.74) is 8.43. The van der Waals surface area contributed by atoms with E-state index in [-0.39, 0.29) is 5.91 Å². The molecule has 0 aliphatic heterocycles. The summed E-state index contributed by atoms with van der Waals surface area (Å²) in [6, 6.07) is 12.6. The second kappa shape index (κ2) is 5.20. The number of aromatic nitrogens is 1. The standard InChI is InChI=1S/C16H15N3O2/c1-21-12-3-4-13(14(17)9-12)16(20)19-11-2-5-15-10(8-11)6-7-18-15/h2-9,18H,17H2,1H3,(H,19,20). The first kappa shape index (κ1) is 13.1. The van der Waals surface area contributed by atoms with Crippen molar-refractivity contribution in [3.05, 3.63) is 54.2 Å². The minimum atomic E-state index is -0.245. The predicted molar refractivity (Wildman–Crippen MR) is 83.7 cm³/mol. The van der Waals surface area contributed by atoms with Gasteiger partial charge in [0.2, 0.25) is 0 Å². The van der Waals surface area contributed by atoms with Crippen LogP contribution in [0.3, 0.4) is 0 Å². The highest BCUT2D eigenvalue weighted by molar-refractivity contribution is 6.08. The summed E-state index contributed by atoms with van der Waals surface area (Å²) >= 11 is 0. The van der Waals surface area contributed by atoms with Gasteiger partial charge in [-0.15, -0.1) is 0 Å². The predicted octanol–water partition coefficient (Wildman–Crippen LogP) is 3.01. The SMILES string of the molecule is COc1ccc(C(=O)Nc2ccc3[nH]ccc3c2)c(N)c1. The van der Waals surface area contributed by atoms with E-state index < -0.39 is 0 Å². The van der Waals surface area contributed by atoms with E-state index in [1.807, 2.05) is 30.5 Å². The summed E-state index contributed by atoms with van der Waals surface area (Å²) in [7, 11) is 1.56. The Morgan fingerprint density at radius 2 is 2.05 bits per heavy atom. The molecule has 1 amide bonds. The van der Waals surface area contributed by atoms with Gasteiger partial charge in [0, 0.05) is 34.5 Å². The van der Waals surface area contributed by atoms with Gasteiger partial charge >= 0.3 is 0 Å². The van der Waals surface area contributed by atoms with Gasteiger partial charge in [-0.1, -0.05) is 0 Å². The van der Waals surface area contributed by atoms with Crippen LogP contribution in [0.15, 0.2) is 48.7 Å². The Labute approximate surface area is 121 Å². The van der Waals surface area contributed by atoms with Crippen molar-refractivity contribution in [1.29, 1.82) is 0 Å². The van der Waals surface area contributed by atoms with E-state index in [1.54, 1.807) is 25.3 Å². The summed E-state index contributed by atoms with van der Waals surface area (Å²) in [6.45, 7) is 0. The fourth-order valence-corrected chi connectivity index (χ4v) is 2.20. The normalized spacial score (nSPS) is 10.5. The Bertz CT molecular complexity index is 808. The lowest BCUT2D eigenvalue weighted by Crippen LogP contribution is -2.14. The van der Waals surface area contributed by atoms with Crippen molar-refractivity contribution in [2.45, 2.75) is 0 Å². The van der Waals surface area contributed by atoms with Crippen LogP contribution in [0.25, 0.3) is 10.9 Å². The van der Waals surface area contributed by atoms with Crippen LogP contribution in [0, 0.1) is 0 Å². The van der Waals surface area contributed by atoms with Crippen LogP contribution in [-0.4, -0.2) is 18.0 Å². The van der Waals surface area contributed by atoms with E-state index in [0.717, 1.165) is 16.6 Å². The van der Waals surface area contributed by atoms with Crippen molar-refractivity contribution >= 4 is 28.2 Å². The molecule has 5 heteroatoms. The quantitative estimate of drug-likeness (QED) is 0.645. The highest BCUT2D eigenvalue weighted by Crippen LogP contribution is 2.22. The smallest absolute Gasteiger partial charge is 0.257 e. The maximum absolute atomic E-state index is 12.3. The molecule has 5 nitrogen and oxygen atoms in total. The van der Waals surface area contributed by atoms with Crippen molar-refractivity contribution in [1.82, 2.24) is 4.98 Å². The zero-order chi connectivity index (χ0) is 14.8. The number of fused-ring (bicyclic) bond motifs is 1. The van der Waals surface area contributed by atoms with Gasteiger partial charge in [0.25, 0.3) is 5.91 Å². The number of rotatable bonds is 3. The number of carbonyl (C=O) groups is 1. The molecule has 3 aromatic rings. The number of amides is 1. The van der Waals surface area contributed by atoms with Crippen LogP contribution < -0.4 is 15.8 Å². The minimum Gasteiger partial charge on any atom is -0.497 e. The Morgan fingerprint density at radius 3 is 2.81 bits per heavy atom. The van der Waals surface area contributed by atoms with Crippen LogP contribution in [0.4, 0.5) is 11.4 Å². The molecule has 0 fully saturated rings. The molecule has 3 rings (SSSR count). The number of benzene rings is 2. The molecule has 0 aliphatic carbocycles. The minimum absolute atomic E-state index is 0.245. The third-order valence-electron chi connectivity index (χ3n) is 3.31. The average Bonchev–Trinajstić information content (AvgIpc) is 2.94. The molecule has 0 saturated carbocycles. The van der Waals surface area contributed by atoms with Crippen LogP contribution in [0.1, 0.15) is 10.4 Å². The molecule has 0 saturated heterocycles. The highest BCUT2D eigenvalue weighted by Gasteiger charge is 2.11. The van der Waals surface area contributed by atoms with Crippen molar-refractivity contribution in [2.75, 3.05) is 18.2 Å². The van der Waals surface area contributed by atoms with Gasteiger partial charge in [0.1, 0.15) is 5.75 Å². The average molecular weight is 281 g/mol. The number of hydrogen-bond donors (Lipinski definition) is 3. The second-order valence-corrected chi connectivity index (χ2v) is 4.69. The van der Waals surface area contributed by atoms with E-state index in [1.165, 1.54) is 0 Å².